The van der Waals surface area contributed by atoms with Gasteiger partial charge in [0.1, 0.15) is 0 Å². The molecule has 0 unspecified atom stereocenters. The molecule has 0 spiro atoms. The lowest BCUT2D eigenvalue weighted by Gasteiger charge is -2.11. The molecule has 3 nitrogen and oxygen atoms in total. The lowest BCUT2D eigenvalue weighted by Crippen LogP contribution is -2.08. The zero-order valence-electron chi connectivity index (χ0n) is 10.9. The molecule has 102 valence electrons. The van der Waals surface area contributed by atoms with Gasteiger partial charge in [0, 0.05) is 11.3 Å². The van der Waals surface area contributed by atoms with Gasteiger partial charge in [-0.3, -0.25) is 0 Å². The summed E-state index contributed by atoms with van der Waals surface area (Å²) in [6.45, 7) is 2.89. The smallest absolute Gasteiger partial charge is 0.165 e. The molecular weight excluding hydrogens is 263 g/mol. The number of ether oxygens (including phenoxy) is 1. The van der Waals surface area contributed by atoms with Gasteiger partial charge in [-0.25, -0.2) is 9.37 Å². The van der Waals surface area contributed by atoms with Gasteiger partial charge in [0.2, 0.25) is 0 Å². The Hall–Kier alpha value is -1.46. The van der Waals surface area contributed by atoms with Crippen LogP contribution in [-0.4, -0.2) is 18.1 Å². The van der Waals surface area contributed by atoms with Crippen molar-refractivity contribution in [1.82, 2.24) is 4.98 Å². The minimum atomic E-state index is -0.327. The van der Waals surface area contributed by atoms with E-state index in [1.54, 1.807) is 17.4 Å². The molecule has 0 aliphatic carbocycles. The van der Waals surface area contributed by atoms with Crippen LogP contribution in [0.1, 0.15) is 16.1 Å². The van der Waals surface area contributed by atoms with E-state index in [-0.39, 0.29) is 5.82 Å². The molecule has 2 aromatic rings. The summed E-state index contributed by atoms with van der Waals surface area (Å²) in [4.78, 5) is 5.36. The minimum Gasteiger partial charge on any atom is -0.490 e. The van der Waals surface area contributed by atoms with Crippen LogP contribution in [-0.2, 0) is 12.8 Å². The first-order chi connectivity index (χ1) is 9.22. The molecule has 0 aliphatic heterocycles. The van der Waals surface area contributed by atoms with Crippen LogP contribution in [0.3, 0.4) is 0 Å². The number of aromatic nitrogens is 1. The van der Waals surface area contributed by atoms with E-state index in [0.29, 0.717) is 25.3 Å². The largest absolute Gasteiger partial charge is 0.490 e. The van der Waals surface area contributed by atoms with Crippen LogP contribution in [0.5, 0.6) is 5.75 Å². The highest BCUT2D eigenvalue weighted by Gasteiger charge is 2.10. The Morgan fingerprint density at radius 3 is 2.89 bits per heavy atom. The van der Waals surface area contributed by atoms with E-state index in [2.05, 4.69) is 4.98 Å². The topological polar surface area (TPSA) is 48.1 Å². The van der Waals surface area contributed by atoms with Gasteiger partial charge in [0.15, 0.2) is 11.6 Å². The van der Waals surface area contributed by atoms with Crippen LogP contribution in [0.4, 0.5) is 4.39 Å². The maximum absolute atomic E-state index is 13.7. The summed E-state index contributed by atoms with van der Waals surface area (Å²) in [5.41, 5.74) is 9.17. The molecule has 0 atom stereocenters. The monoisotopic (exact) mass is 280 g/mol. The minimum absolute atomic E-state index is 0.327. The molecule has 0 amide bonds. The van der Waals surface area contributed by atoms with Crippen molar-refractivity contribution in [1.29, 1.82) is 0 Å². The normalized spacial score (nSPS) is 10.7. The lowest BCUT2D eigenvalue weighted by molar-refractivity contribution is 0.302. The summed E-state index contributed by atoms with van der Waals surface area (Å²) in [5, 5.41) is 0. The fourth-order valence-electron chi connectivity index (χ4n) is 1.88. The number of thiazole rings is 1. The van der Waals surface area contributed by atoms with E-state index >= 15 is 0 Å². The van der Waals surface area contributed by atoms with Gasteiger partial charge in [0.25, 0.3) is 0 Å². The third-order valence-electron chi connectivity index (χ3n) is 2.88. The maximum Gasteiger partial charge on any atom is 0.165 e. The lowest BCUT2D eigenvalue weighted by atomic mass is 10.1. The highest BCUT2D eigenvalue weighted by molar-refractivity contribution is 7.09. The van der Waals surface area contributed by atoms with Crippen LogP contribution in [0, 0.1) is 12.7 Å². The van der Waals surface area contributed by atoms with Gasteiger partial charge in [-0.15, -0.1) is 11.3 Å². The van der Waals surface area contributed by atoms with Crippen molar-refractivity contribution < 1.29 is 9.13 Å². The molecule has 5 heteroatoms. The second-order valence-electron chi connectivity index (χ2n) is 4.23. The number of nitrogens with zero attached hydrogens (tertiary/aromatic N) is 1. The SMILES string of the molecule is Cc1ncsc1CCOc1c(F)cccc1CCN. The average Bonchev–Trinajstić information content (AvgIpc) is 2.79. The third kappa shape index (κ3) is 3.52. The first-order valence-electron chi connectivity index (χ1n) is 6.21. The Bertz CT molecular complexity index is 542. The number of rotatable bonds is 6. The molecule has 2 N–H and O–H groups in total. The highest BCUT2D eigenvalue weighted by Crippen LogP contribution is 2.23. The summed E-state index contributed by atoms with van der Waals surface area (Å²) in [5.74, 6) is 0.00194. The van der Waals surface area contributed by atoms with Gasteiger partial charge in [-0.05, 0) is 31.5 Å². The first-order valence-corrected chi connectivity index (χ1v) is 7.09. The number of hydrogen-bond acceptors (Lipinski definition) is 4. The summed E-state index contributed by atoms with van der Waals surface area (Å²) in [7, 11) is 0. The number of hydrogen-bond donors (Lipinski definition) is 1. The summed E-state index contributed by atoms with van der Waals surface area (Å²) >= 11 is 1.60. The predicted molar refractivity (Wildman–Crippen MR) is 75.2 cm³/mol. The number of para-hydroxylation sites is 1. The van der Waals surface area contributed by atoms with E-state index in [1.165, 1.54) is 10.9 Å². The van der Waals surface area contributed by atoms with Crippen LogP contribution >= 0.6 is 11.3 Å². The third-order valence-corrected chi connectivity index (χ3v) is 3.88. The summed E-state index contributed by atoms with van der Waals surface area (Å²) < 4.78 is 19.3. The van der Waals surface area contributed by atoms with E-state index < -0.39 is 0 Å². The average molecular weight is 280 g/mol. The molecule has 1 heterocycles. The molecular formula is C14H17FN2OS. The second-order valence-corrected chi connectivity index (χ2v) is 5.17. The number of aryl methyl sites for hydroxylation is 1. The summed E-state index contributed by atoms with van der Waals surface area (Å²) in [6, 6.07) is 4.94. The van der Waals surface area contributed by atoms with E-state index in [9.17, 15) is 4.39 Å². The predicted octanol–water partition coefficient (Wildman–Crippen LogP) is 2.71. The van der Waals surface area contributed by atoms with Crippen LogP contribution in [0.25, 0.3) is 0 Å². The van der Waals surface area contributed by atoms with Crippen LogP contribution in [0.2, 0.25) is 0 Å². The van der Waals surface area contributed by atoms with E-state index in [1.807, 2.05) is 18.5 Å². The quantitative estimate of drug-likeness (QED) is 0.885. The molecule has 0 bridgehead atoms. The zero-order valence-corrected chi connectivity index (χ0v) is 11.7. The molecule has 0 aliphatic rings. The second kappa shape index (κ2) is 6.63. The highest BCUT2D eigenvalue weighted by atomic mass is 32.1. The zero-order chi connectivity index (χ0) is 13.7. The molecule has 19 heavy (non-hydrogen) atoms. The van der Waals surface area contributed by atoms with Gasteiger partial charge >= 0.3 is 0 Å². The number of benzene rings is 1. The molecule has 0 saturated heterocycles. The summed E-state index contributed by atoms with van der Waals surface area (Å²) in [6.07, 6.45) is 1.36. The standard InChI is InChI=1S/C14H17FN2OS/c1-10-13(19-9-17-10)6-8-18-14-11(5-7-16)3-2-4-12(14)15/h2-4,9H,5-8,16H2,1H3. The molecule has 0 radical (unpaired) electrons. The van der Waals surface area contributed by atoms with Crippen LogP contribution < -0.4 is 10.5 Å². The van der Waals surface area contributed by atoms with Crippen molar-refractivity contribution >= 4 is 11.3 Å². The Labute approximate surface area is 116 Å². The molecule has 0 saturated carbocycles. The van der Waals surface area contributed by atoms with Crippen molar-refractivity contribution in [3.8, 4) is 5.75 Å². The Kier molecular flexibility index (Phi) is 4.87. The number of nitrogens with two attached hydrogens (primary N) is 1. The fourth-order valence-corrected chi connectivity index (χ4v) is 2.64. The van der Waals surface area contributed by atoms with Gasteiger partial charge in [-0.1, -0.05) is 12.1 Å². The van der Waals surface area contributed by atoms with Crippen molar-refractivity contribution in [2.24, 2.45) is 5.73 Å². The Morgan fingerprint density at radius 1 is 1.37 bits per heavy atom. The van der Waals surface area contributed by atoms with Gasteiger partial charge in [-0.2, -0.15) is 0 Å². The Balaban J connectivity index is 2.01. The van der Waals surface area contributed by atoms with Gasteiger partial charge in [0.05, 0.1) is 17.8 Å². The van der Waals surface area contributed by atoms with E-state index in [4.69, 9.17) is 10.5 Å². The van der Waals surface area contributed by atoms with Gasteiger partial charge < -0.3 is 10.5 Å². The van der Waals surface area contributed by atoms with Crippen molar-refractivity contribution in [3.63, 3.8) is 0 Å². The maximum atomic E-state index is 13.7. The number of halogens is 1. The Morgan fingerprint density at radius 2 is 2.21 bits per heavy atom. The van der Waals surface area contributed by atoms with Crippen molar-refractivity contribution in [3.05, 3.63) is 45.7 Å². The molecule has 1 aromatic carbocycles. The van der Waals surface area contributed by atoms with E-state index in [0.717, 1.165) is 17.7 Å². The molecule has 0 fully saturated rings. The van der Waals surface area contributed by atoms with Crippen LogP contribution in [0.15, 0.2) is 23.7 Å². The van der Waals surface area contributed by atoms with Crippen molar-refractivity contribution in [2.45, 2.75) is 19.8 Å². The first kappa shape index (κ1) is 14.0. The van der Waals surface area contributed by atoms with Crippen molar-refractivity contribution in [2.75, 3.05) is 13.2 Å². The fraction of sp³-hybridized carbons (Fsp3) is 0.357. The molecule has 1 aromatic heterocycles. The molecule has 2 rings (SSSR count).